The van der Waals surface area contributed by atoms with E-state index in [0.717, 1.165) is 16.5 Å². The van der Waals surface area contributed by atoms with Crippen LogP contribution in [0.15, 0.2) is 53.5 Å². The molecule has 8 heteroatoms. The number of aromatic nitrogens is 1. The molecule has 31 heavy (non-hydrogen) atoms. The van der Waals surface area contributed by atoms with Crippen molar-refractivity contribution in [3.63, 3.8) is 0 Å². The number of H-pyrrole nitrogens is 1. The van der Waals surface area contributed by atoms with Crippen LogP contribution in [0, 0.1) is 12.8 Å². The molecule has 2 aromatic carbocycles. The van der Waals surface area contributed by atoms with E-state index < -0.39 is 30.5 Å². The lowest BCUT2D eigenvalue weighted by Crippen LogP contribution is -2.49. The Balaban J connectivity index is 1.82. The van der Waals surface area contributed by atoms with Gasteiger partial charge in [0.15, 0.2) is 0 Å². The first-order valence-electron chi connectivity index (χ1n) is 9.95. The van der Waals surface area contributed by atoms with E-state index in [1.54, 1.807) is 37.4 Å². The SMILES string of the molecule is Cc1cc(-c2cccc3c(=O)[nH]ccc23)ccc1OC(O)C(O)C(O)C(O)C(C)CO. The molecule has 3 rings (SSSR count). The molecule has 8 nitrogen and oxygen atoms in total. The van der Waals surface area contributed by atoms with Crippen molar-refractivity contribution < 1.29 is 30.3 Å². The highest BCUT2D eigenvalue weighted by molar-refractivity contribution is 5.96. The van der Waals surface area contributed by atoms with Gasteiger partial charge in [-0.2, -0.15) is 0 Å². The molecule has 1 heterocycles. The number of benzene rings is 2. The number of aliphatic hydroxyl groups excluding tert-OH is 5. The maximum Gasteiger partial charge on any atom is 0.255 e. The molecular weight excluding hydrogens is 402 g/mol. The molecule has 0 amide bonds. The van der Waals surface area contributed by atoms with E-state index in [1.807, 2.05) is 18.2 Å². The van der Waals surface area contributed by atoms with Crippen LogP contribution in [0.4, 0.5) is 0 Å². The fourth-order valence-electron chi connectivity index (χ4n) is 3.44. The van der Waals surface area contributed by atoms with E-state index in [4.69, 9.17) is 9.84 Å². The number of pyridine rings is 1. The Morgan fingerprint density at radius 1 is 0.968 bits per heavy atom. The van der Waals surface area contributed by atoms with Gasteiger partial charge in [-0.05, 0) is 53.3 Å². The van der Waals surface area contributed by atoms with Gasteiger partial charge in [-0.15, -0.1) is 0 Å². The number of rotatable bonds is 8. The maximum atomic E-state index is 12.1. The summed E-state index contributed by atoms with van der Waals surface area (Å²) < 4.78 is 5.41. The van der Waals surface area contributed by atoms with Crippen LogP contribution in [0.3, 0.4) is 0 Å². The number of hydrogen-bond acceptors (Lipinski definition) is 7. The lowest BCUT2D eigenvalue weighted by Gasteiger charge is -2.29. The van der Waals surface area contributed by atoms with E-state index in [2.05, 4.69) is 4.98 Å². The van der Waals surface area contributed by atoms with Crippen LogP contribution in [0.1, 0.15) is 12.5 Å². The standard InChI is InChI=1S/C23H27NO7/c1-12-10-14(15-4-3-5-17-16(15)8-9-24-22(17)29)6-7-18(12)31-23(30)21(28)20(27)19(26)13(2)11-25/h3-10,13,19-21,23,25-28,30H,11H2,1-2H3,(H,24,29). The number of aryl methyl sites for hydroxylation is 1. The van der Waals surface area contributed by atoms with Crippen LogP contribution >= 0.6 is 0 Å². The second-order valence-electron chi connectivity index (χ2n) is 7.69. The highest BCUT2D eigenvalue weighted by Crippen LogP contribution is 2.31. The third-order valence-electron chi connectivity index (χ3n) is 5.41. The molecule has 0 radical (unpaired) electrons. The highest BCUT2D eigenvalue weighted by atomic mass is 16.6. The molecule has 5 atom stereocenters. The predicted molar refractivity (Wildman–Crippen MR) is 116 cm³/mol. The average Bonchev–Trinajstić information content (AvgIpc) is 2.78. The maximum absolute atomic E-state index is 12.1. The Bertz CT molecular complexity index is 1100. The molecule has 166 valence electrons. The number of aromatic amines is 1. The molecule has 0 saturated carbocycles. The Morgan fingerprint density at radius 3 is 2.39 bits per heavy atom. The summed E-state index contributed by atoms with van der Waals surface area (Å²) in [5, 5.41) is 50.7. The van der Waals surface area contributed by atoms with Crippen molar-refractivity contribution in [1.29, 1.82) is 0 Å². The van der Waals surface area contributed by atoms with Crippen molar-refractivity contribution in [2.24, 2.45) is 5.92 Å². The van der Waals surface area contributed by atoms with E-state index >= 15 is 0 Å². The summed E-state index contributed by atoms with van der Waals surface area (Å²) in [6.07, 6.45) is -5.13. The van der Waals surface area contributed by atoms with Crippen LogP contribution in [-0.4, -0.2) is 61.7 Å². The van der Waals surface area contributed by atoms with Crippen molar-refractivity contribution in [2.45, 2.75) is 38.4 Å². The predicted octanol–water partition coefficient (Wildman–Crippen LogP) is 0.912. The summed E-state index contributed by atoms with van der Waals surface area (Å²) in [6.45, 7) is 2.87. The van der Waals surface area contributed by atoms with Gasteiger partial charge in [0.2, 0.25) is 6.29 Å². The number of hydrogen-bond donors (Lipinski definition) is 6. The zero-order valence-electron chi connectivity index (χ0n) is 17.3. The number of nitrogens with one attached hydrogen (secondary N) is 1. The summed E-state index contributed by atoms with van der Waals surface area (Å²) in [6, 6.07) is 12.5. The molecule has 0 fully saturated rings. The summed E-state index contributed by atoms with van der Waals surface area (Å²) in [5.41, 5.74) is 2.17. The van der Waals surface area contributed by atoms with Gasteiger partial charge in [-0.1, -0.05) is 25.1 Å². The zero-order chi connectivity index (χ0) is 22.7. The molecular formula is C23H27NO7. The van der Waals surface area contributed by atoms with Gasteiger partial charge in [0.25, 0.3) is 5.56 Å². The average molecular weight is 429 g/mol. The van der Waals surface area contributed by atoms with E-state index in [1.165, 1.54) is 6.92 Å². The smallest absolute Gasteiger partial charge is 0.255 e. The van der Waals surface area contributed by atoms with E-state index in [0.29, 0.717) is 10.9 Å². The molecule has 0 aliphatic carbocycles. The summed E-state index contributed by atoms with van der Waals surface area (Å²) in [5.74, 6) is -0.406. The molecule has 0 aliphatic heterocycles. The van der Waals surface area contributed by atoms with Gasteiger partial charge in [0.05, 0.1) is 6.10 Å². The third-order valence-corrected chi connectivity index (χ3v) is 5.41. The van der Waals surface area contributed by atoms with Crippen molar-refractivity contribution in [2.75, 3.05) is 6.61 Å². The Hall–Kier alpha value is -2.75. The Kier molecular flexibility index (Phi) is 7.09. The van der Waals surface area contributed by atoms with Crippen molar-refractivity contribution in [3.05, 3.63) is 64.6 Å². The summed E-state index contributed by atoms with van der Waals surface area (Å²) in [4.78, 5) is 14.7. The van der Waals surface area contributed by atoms with Crippen molar-refractivity contribution in [1.82, 2.24) is 4.98 Å². The first-order valence-corrected chi connectivity index (χ1v) is 9.95. The van der Waals surface area contributed by atoms with Crippen molar-refractivity contribution in [3.8, 4) is 16.9 Å². The number of aliphatic hydroxyl groups is 5. The lowest BCUT2D eigenvalue weighted by atomic mass is 9.96. The quantitative estimate of drug-likeness (QED) is 0.292. The first-order chi connectivity index (χ1) is 14.7. The summed E-state index contributed by atoms with van der Waals surface area (Å²) in [7, 11) is 0. The summed E-state index contributed by atoms with van der Waals surface area (Å²) >= 11 is 0. The van der Waals surface area contributed by atoms with Gasteiger partial charge < -0.3 is 35.3 Å². The van der Waals surface area contributed by atoms with E-state index in [-0.39, 0.29) is 17.9 Å². The minimum absolute atomic E-state index is 0.176. The molecule has 5 unspecified atom stereocenters. The minimum atomic E-state index is -1.80. The van der Waals surface area contributed by atoms with Gasteiger partial charge in [-0.3, -0.25) is 4.79 Å². The fourth-order valence-corrected chi connectivity index (χ4v) is 3.44. The van der Waals surface area contributed by atoms with Crippen LogP contribution in [0.2, 0.25) is 0 Å². The number of ether oxygens (including phenoxy) is 1. The first kappa shape index (κ1) is 22.9. The van der Waals surface area contributed by atoms with E-state index in [9.17, 15) is 25.2 Å². The normalized spacial score (nSPS) is 16.5. The Labute approximate surface area is 179 Å². The molecule has 1 aromatic heterocycles. The van der Waals surface area contributed by atoms with Crippen LogP contribution in [-0.2, 0) is 0 Å². The van der Waals surface area contributed by atoms with Crippen molar-refractivity contribution >= 4 is 10.8 Å². The zero-order valence-corrected chi connectivity index (χ0v) is 17.3. The number of fused-ring (bicyclic) bond motifs is 1. The van der Waals surface area contributed by atoms with Gasteiger partial charge in [0, 0.05) is 24.1 Å². The largest absolute Gasteiger partial charge is 0.462 e. The second kappa shape index (κ2) is 9.59. The van der Waals surface area contributed by atoms with Gasteiger partial charge in [0.1, 0.15) is 18.0 Å². The molecule has 0 bridgehead atoms. The fraction of sp³-hybridized carbons (Fsp3) is 0.348. The Morgan fingerprint density at radius 2 is 1.71 bits per heavy atom. The van der Waals surface area contributed by atoms with Gasteiger partial charge >= 0.3 is 0 Å². The monoisotopic (exact) mass is 429 g/mol. The molecule has 0 saturated heterocycles. The molecule has 6 N–H and O–H groups in total. The molecule has 0 aliphatic rings. The highest BCUT2D eigenvalue weighted by Gasteiger charge is 2.34. The van der Waals surface area contributed by atoms with Crippen LogP contribution < -0.4 is 10.3 Å². The molecule has 0 spiro atoms. The minimum Gasteiger partial charge on any atom is -0.462 e. The topological polar surface area (TPSA) is 143 Å². The second-order valence-corrected chi connectivity index (χ2v) is 7.69. The van der Waals surface area contributed by atoms with Crippen LogP contribution in [0.5, 0.6) is 5.75 Å². The molecule has 3 aromatic rings. The third kappa shape index (κ3) is 4.79. The van der Waals surface area contributed by atoms with Crippen LogP contribution in [0.25, 0.3) is 21.9 Å². The lowest BCUT2D eigenvalue weighted by molar-refractivity contribution is -0.172. The van der Waals surface area contributed by atoms with Gasteiger partial charge in [-0.25, -0.2) is 0 Å².